The molecule has 0 bridgehead atoms. The van der Waals surface area contributed by atoms with Crippen LogP contribution >= 0.6 is 15.9 Å². The highest BCUT2D eigenvalue weighted by atomic mass is 79.9. The molecule has 1 heterocycles. The number of pyridine rings is 1. The number of halogens is 1. The lowest BCUT2D eigenvalue weighted by atomic mass is 10.00. The molecule has 0 saturated heterocycles. The van der Waals surface area contributed by atoms with E-state index in [-0.39, 0.29) is 0 Å². The van der Waals surface area contributed by atoms with Gasteiger partial charge in [0, 0.05) is 11.6 Å². The second-order valence-electron chi connectivity index (χ2n) is 4.63. The van der Waals surface area contributed by atoms with Crippen molar-refractivity contribution in [2.75, 3.05) is 0 Å². The SMILES string of the molecule is BrC1=C/C(=C/c2cnc3ccccc3c2)CCC1. The predicted octanol–water partition coefficient (Wildman–Crippen LogP) is 5.08. The first kappa shape index (κ1) is 11.7. The molecular formula is C16H14BrN. The number of allylic oxidation sites excluding steroid dienone is 3. The quantitative estimate of drug-likeness (QED) is 0.715. The van der Waals surface area contributed by atoms with Crippen molar-refractivity contribution in [3.05, 3.63) is 58.2 Å². The summed E-state index contributed by atoms with van der Waals surface area (Å²) in [5.41, 5.74) is 3.62. The minimum atomic E-state index is 1.06. The fourth-order valence-electron chi connectivity index (χ4n) is 2.30. The van der Waals surface area contributed by atoms with Crippen LogP contribution in [0.5, 0.6) is 0 Å². The Morgan fingerprint density at radius 2 is 2.06 bits per heavy atom. The summed E-state index contributed by atoms with van der Waals surface area (Å²) in [4.78, 5) is 4.49. The van der Waals surface area contributed by atoms with E-state index in [1.807, 2.05) is 18.3 Å². The molecule has 0 amide bonds. The average molecular weight is 300 g/mol. The van der Waals surface area contributed by atoms with Gasteiger partial charge in [0.2, 0.25) is 0 Å². The number of hydrogen-bond donors (Lipinski definition) is 0. The summed E-state index contributed by atoms with van der Waals surface area (Å²) in [5.74, 6) is 0. The minimum absolute atomic E-state index is 1.06. The molecule has 3 rings (SSSR count). The van der Waals surface area contributed by atoms with Crippen molar-refractivity contribution in [2.45, 2.75) is 19.3 Å². The van der Waals surface area contributed by atoms with Gasteiger partial charge in [-0.05, 0) is 53.1 Å². The Morgan fingerprint density at radius 1 is 1.17 bits per heavy atom. The van der Waals surface area contributed by atoms with Crippen LogP contribution in [0.3, 0.4) is 0 Å². The maximum absolute atomic E-state index is 4.49. The molecule has 0 spiro atoms. The van der Waals surface area contributed by atoms with E-state index >= 15 is 0 Å². The molecule has 18 heavy (non-hydrogen) atoms. The van der Waals surface area contributed by atoms with Crippen molar-refractivity contribution in [3.63, 3.8) is 0 Å². The Kier molecular flexibility index (Phi) is 3.28. The highest BCUT2D eigenvalue weighted by molar-refractivity contribution is 9.11. The molecule has 0 atom stereocenters. The summed E-state index contributed by atoms with van der Waals surface area (Å²) in [7, 11) is 0. The van der Waals surface area contributed by atoms with E-state index in [0.717, 1.165) is 18.4 Å². The Bertz CT molecular complexity index is 640. The van der Waals surface area contributed by atoms with Crippen molar-refractivity contribution in [1.29, 1.82) is 0 Å². The van der Waals surface area contributed by atoms with Gasteiger partial charge in [-0.25, -0.2) is 0 Å². The van der Waals surface area contributed by atoms with Crippen molar-refractivity contribution < 1.29 is 0 Å². The minimum Gasteiger partial charge on any atom is -0.256 e. The van der Waals surface area contributed by atoms with Gasteiger partial charge in [0.05, 0.1) is 5.52 Å². The van der Waals surface area contributed by atoms with E-state index in [0.29, 0.717) is 0 Å². The Morgan fingerprint density at radius 3 is 2.94 bits per heavy atom. The van der Waals surface area contributed by atoms with E-state index in [9.17, 15) is 0 Å². The van der Waals surface area contributed by atoms with Crippen LogP contribution in [0.4, 0.5) is 0 Å². The van der Waals surface area contributed by atoms with Crippen LogP contribution in [-0.4, -0.2) is 4.98 Å². The van der Waals surface area contributed by atoms with Crippen molar-refractivity contribution in [2.24, 2.45) is 0 Å². The van der Waals surface area contributed by atoms with Crippen LogP contribution in [-0.2, 0) is 0 Å². The summed E-state index contributed by atoms with van der Waals surface area (Å²) in [6.45, 7) is 0. The number of fused-ring (bicyclic) bond motifs is 1. The highest BCUT2D eigenvalue weighted by Crippen LogP contribution is 2.27. The third kappa shape index (κ3) is 2.54. The van der Waals surface area contributed by atoms with Crippen LogP contribution < -0.4 is 0 Å². The Labute approximate surface area is 115 Å². The molecule has 1 aromatic heterocycles. The third-order valence-electron chi connectivity index (χ3n) is 3.19. The molecule has 1 aromatic carbocycles. The first-order valence-electron chi connectivity index (χ1n) is 6.23. The normalized spacial score (nSPS) is 18.1. The lowest BCUT2D eigenvalue weighted by molar-refractivity contribution is 0.818. The highest BCUT2D eigenvalue weighted by Gasteiger charge is 2.05. The van der Waals surface area contributed by atoms with Crippen molar-refractivity contribution >= 4 is 32.9 Å². The zero-order chi connectivity index (χ0) is 12.4. The van der Waals surface area contributed by atoms with Gasteiger partial charge in [0.25, 0.3) is 0 Å². The number of nitrogens with zero attached hydrogens (tertiary/aromatic N) is 1. The molecule has 0 unspecified atom stereocenters. The van der Waals surface area contributed by atoms with E-state index in [1.54, 1.807) is 0 Å². The smallest absolute Gasteiger partial charge is 0.0702 e. The first-order valence-corrected chi connectivity index (χ1v) is 7.02. The molecule has 90 valence electrons. The molecule has 0 saturated carbocycles. The maximum Gasteiger partial charge on any atom is 0.0702 e. The van der Waals surface area contributed by atoms with Crippen molar-refractivity contribution in [1.82, 2.24) is 4.98 Å². The van der Waals surface area contributed by atoms with Gasteiger partial charge < -0.3 is 0 Å². The van der Waals surface area contributed by atoms with Crippen LogP contribution in [0.25, 0.3) is 17.0 Å². The third-order valence-corrected chi connectivity index (χ3v) is 3.81. The molecule has 0 fully saturated rings. The van der Waals surface area contributed by atoms with Crippen LogP contribution in [0.2, 0.25) is 0 Å². The van der Waals surface area contributed by atoms with E-state index in [4.69, 9.17) is 0 Å². The van der Waals surface area contributed by atoms with Crippen molar-refractivity contribution in [3.8, 4) is 0 Å². The fraction of sp³-hybridized carbons (Fsp3) is 0.188. The van der Waals surface area contributed by atoms with Crippen LogP contribution in [0, 0.1) is 0 Å². The lowest BCUT2D eigenvalue weighted by Crippen LogP contribution is -1.90. The van der Waals surface area contributed by atoms with Gasteiger partial charge in [-0.2, -0.15) is 0 Å². The zero-order valence-corrected chi connectivity index (χ0v) is 11.7. The summed E-state index contributed by atoms with van der Waals surface area (Å²) >= 11 is 3.59. The van der Waals surface area contributed by atoms with E-state index in [2.05, 4.69) is 51.3 Å². The van der Waals surface area contributed by atoms with Crippen LogP contribution in [0.15, 0.2) is 52.7 Å². The average Bonchev–Trinajstić information content (AvgIpc) is 2.39. The molecule has 0 aliphatic heterocycles. The van der Waals surface area contributed by atoms with E-state index < -0.39 is 0 Å². The standard InChI is InChI=1S/C16H14BrN/c17-15-6-3-4-12(10-15)8-13-9-14-5-1-2-7-16(14)18-11-13/h1-2,5,7-11H,3-4,6H2/b12-8+. The summed E-state index contributed by atoms with van der Waals surface area (Å²) in [6.07, 6.45) is 9.96. The zero-order valence-electron chi connectivity index (χ0n) is 10.1. The first-order chi connectivity index (χ1) is 8.81. The van der Waals surface area contributed by atoms with Gasteiger partial charge in [-0.3, -0.25) is 4.98 Å². The molecule has 1 aliphatic carbocycles. The predicted molar refractivity (Wildman–Crippen MR) is 80.6 cm³/mol. The maximum atomic E-state index is 4.49. The molecule has 1 aliphatic rings. The second kappa shape index (κ2) is 5.07. The van der Waals surface area contributed by atoms with Gasteiger partial charge in [-0.15, -0.1) is 0 Å². The van der Waals surface area contributed by atoms with Gasteiger partial charge >= 0.3 is 0 Å². The second-order valence-corrected chi connectivity index (χ2v) is 5.64. The van der Waals surface area contributed by atoms with Gasteiger partial charge in [-0.1, -0.05) is 40.2 Å². The Balaban J connectivity index is 2.00. The van der Waals surface area contributed by atoms with Gasteiger partial charge in [0.1, 0.15) is 0 Å². The molecule has 2 heteroatoms. The molecule has 2 aromatic rings. The summed E-state index contributed by atoms with van der Waals surface area (Å²) in [6, 6.07) is 10.4. The fourth-order valence-corrected chi connectivity index (χ4v) is 2.88. The molecule has 0 radical (unpaired) electrons. The number of aromatic nitrogens is 1. The number of rotatable bonds is 1. The molecule has 0 N–H and O–H groups in total. The number of para-hydroxylation sites is 1. The monoisotopic (exact) mass is 299 g/mol. The lowest BCUT2D eigenvalue weighted by Gasteiger charge is -2.10. The van der Waals surface area contributed by atoms with E-state index in [1.165, 1.54) is 27.4 Å². The van der Waals surface area contributed by atoms with Crippen LogP contribution in [0.1, 0.15) is 24.8 Å². The summed E-state index contributed by atoms with van der Waals surface area (Å²) in [5, 5.41) is 1.20. The molecular weight excluding hydrogens is 286 g/mol. The largest absolute Gasteiger partial charge is 0.256 e. The van der Waals surface area contributed by atoms with Gasteiger partial charge in [0.15, 0.2) is 0 Å². The number of benzene rings is 1. The topological polar surface area (TPSA) is 12.9 Å². The summed E-state index contributed by atoms with van der Waals surface area (Å²) < 4.78 is 1.30. The number of hydrogen-bond acceptors (Lipinski definition) is 1. The molecule has 1 nitrogen and oxygen atoms in total. The Hall–Kier alpha value is -1.41.